The number of unbranched alkanes of at least 4 members (excludes halogenated alkanes) is 3. The van der Waals surface area contributed by atoms with E-state index in [9.17, 15) is 5.11 Å². The van der Waals surface area contributed by atoms with Crippen molar-refractivity contribution < 1.29 is 5.11 Å². The van der Waals surface area contributed by atoms with Gasteiger partial charge >= 0.3 is 0 Å². The standard InChI is InChI=1S/C16H21N3O/c1-2-3-4-8-11-17-16-18-12-14(20)15(19-16)13-9-6-5-7-10-13/h5-7,9-10,12,20H,2-4,8,11H2,1H3,(H,17,18,19). The van der Waals surface area contributed by atoms with Crippen molar-refractivity contribution in [2.75, 3.05) is 11.9 Å². The van der Waals surface area contributed by atoms with Crippen LogP contribution in [0.25, 0.3) is 11.3 Å². The Labute approximate surface area is 119 Å². The van der Waals surface area contributed by atoms with E-state index in [2.05, 4.69) is 22.2 Å². The highest BCUT2D eigenvalue weighted by atomic mass is 16.3. The molecule has 1 aromatic carbocycles. The highest BCUT2D eigenvalue weighted by Crippen LogP contribution is 2.26. The van der Waals surface area contributed by atoms with Gasteiger partial charge in [-0.2, -0.15) is 0 Å². The second-order valence-electron chi connectivity index (χ2n) is 4.78. The van der Waals surface area contributed by atoms with Crippen molar-refractivity contribution in [2.24, 2.45) is 0 Å². The fourth-order valence-electron chi connectivity index (χ4n) is 2.02. The van der Waals surface area contributed by atoms with E-state index >= 15 is 0 Å². The molecule has 0 aliphatic carbocycles. The lowest BCUT2D eigenvalue weighted by atomic mass is 10.1. The topological polar surface area (TPSA) is 58.0 Å². The van der Waals surface area contributed by atoms with Crippen molar-refractivity contribution in [1.29, 1.82) is 0 Å². The molecule has 0 atom stereocenters. The van der Waals surface area contributed by atoms with E-state index in [0.717, 1.165) is 18.5 Å². The van der Waals surface area contributed by atoms with Crippen LogP contribution in [0.5, 0.6) is 5.75 Å². The van der Waals surface area contributed by atoms with Gasteiger partial charge in [0, 0.05) is 12.1 Å². The predicted molar refractivity (Wildman–Crippen MR) is 81.8 cm³/mol. The third-order valence-corrected chi connectivity index (χ3v) is 3.13. The average Bonchev–Trinajstić information content (AvgIpc) is 2.49. The van der Waals surface area contributed by atoms with E-state index in [4.69, 9.17) is 0 Å². The Hall–Kier alpha value is -2.10. The number of benzene rings is 1. The van der Waals surface area contributed by atoms with E-state index in [1.165, 1.54) is 25.5 Å². The minimum absolute atomic E-state index is 0.104. The largest absolute Gasteiger partial charge is 0.504 e. The molecule has 0 spiro atoms. The van der Waals surface area contributed by atoms with Crippen molar-refractivity contribution >= 4 is 5.95 Å². The van der Waals surface area contributed by atoms with E-state index in [1.54, 1.807) is 0 Å². The molecule has 20 heavy (non-hydrogen) atoms. The van der Waals surface area contributed by atoms with Gasteiger partial charge in [-0.25, -0.2) is 9.97 Å². The van der Waals surface area contributed by atoms with Gasteiger partial charge in [0.15, 0.2) is 5.75 Å². The Morgan fingerprint density at radius 3 is 2.65 bits per heavy atom. The minimum Gasteiger partial charge on any atom is -0.504 e. The van der Waals surface area contributed by atoms with Gasteiger partial charge in [0.1, 0.15) is 5.69 Å². The monoisotopic (exact) mass is 271 g/mol. The van der Waals surface area contributed by atoms with Crippen LogP contribution in [0.15, 0.2) is 36.5 Å². The molecule has 0 saturated heterocycles. The summed E-state index contributed by atoms with van der Waals surface area (Å²) >= 11 is 0. The zero-order valence-electron chi connectivity index (χ0n) is 11.8. The normalized spacial score (nSPS) is 10.4. The maximum Gasteiger partial charge on any atom is 0.223 e. The maximum absolute atomic E-state index is 9.88. The molecule has 2 N–H and O–H groups in total. The number of anilines is 1. The fourth-order valence-corrected chi connectivity index (χ4v) is 2.02. The van der Waals surface area contributed by atoms with Gasteiger partial charge in [0.2, 0.25) is 5.95 Å². The van der Waals surface area contributed by atoms with Crippen LogP contribution in [-0.2, 0) is 0 Å². The van der Waals surface area contributed by atoms with Crippen LogP contribution in [0, 0.1) is 0 Å². The van der Waals surface area contributed by atoms with Crippen molar-refractivity contribution in [1.82, 2.24) is 9.97 Å². The zero-order valence-corrected chi connectivity index (χ0v) is 11.8. The molecule has 0 aliphatic heterocycles. The Morgan fingerprint density at radius 2 is 1.90 bits per heavy atom. The van der Waals surface area contributed by atoms with Gasteiger partial charge in [-0.1, -0.05) is 56.5 Å². The van der Waals surface area contributed by atoms with Gasteiger partial charge in [-0.05, 0) is 6.42 Å². The summed E-state index contributed by atoms with van der Waals surface area (Å²) in [6, 6.07) is 9.64. The van der Waals surface area contributed by atoms with Crippen molar-refractivity contribution in [3.8, 4) is 17.0 Å². The van der Waals surface area contributed by atoms with E-state index in [-0.39, 0.29) is 5.75 Å². The summed E-state index contributed by atoms with van der Waals surface area (Å²) in [4.78, 5) is 8.50. The first-order chi connectivity index (χ1) is 9.81. The molecule has 4 nitrogen and oxygen atoms in total. The summed E-state index contributed by atoms with van der Waals surface area (Å²) in [5, 5.41) is 13.1. The molecule has 0 amide bonds. The molecular weight excluding hydrogens is 250 g/mol. The summed E-state index contributed by atoms with van der Waals surface area (Å²) in [7, 11) is 0. The molecule has 1 aromatic heterocycles. The molecule has 2 rings (SSSR count). The number of hydrogen-bond donors (Lipinski definition) is 2. The number of nitrogens with zero attached hydrogens (tertiary/aromatic N) is 2. The third-order valence-electron chi connectivity index (χ3n) is 3.13. The number of rotatable bonds is 7. The van der Waals surface area contributed by atoms with E-state index in [0.29, 0.717) is 11.6 Å². The van der Waals surface area contributed by atoms with Gasteiger partial charge in [-0.3, -0.25) is 0 Å². The molecule has 0 radical (unpaired) electrons. The quantitative estimate of drug-likeness (QED) is 0.751. The Balaban J connectivity index is 2.02. The van der Waals surface area contributed by atoms with Gasteiger partial charge in [-0.15, -0.1) is 0 Å². The van der Waals surface area contributed by atoms with Crippen molar-refractivity contribution in [2.45, 2.75) is 32.6 Å². The lowest BCUT2D eigenvalue weighted by Crippen LogP contribution is -2.05. The summed E-state index contributed by atoms with van der Waals surface area (Å²) in [5.74, 6) is 0.672. The Morgan fingerprint density at radius 1 is 1.10 bits per heavy atom. The molecule has 4 heteroatoms. The van der Waals surface area contributed by atoms with Crippen LogP contribution in [0.4, 0.5) is 5.95 Å². The highest BCUT2D eigenvalue weighted by molar-refractivity contribution is 5.66. The lowest BCUT2D eigenvalue weighted by molar-refractivity contribution is 0.472. The Bertz CT molecular complexity index is 529. The van der Waals surface area contributed by atoms with E-state index < -0.39 is 0 Å². The van der Waals surface area contributed by atoms with E-state index in [1.807, 2.05) is 30.3 Å². The molecule has 1 heterocycles. The maximum atomic E-state index is 9.88. The fraction of sp³-hybridized carbons (Fsp3) is 0.375. The number of aromatic hydroxyl groups is 1. The Kier molecular flexibility index (Phi) is 5.35. The smallest absolute Gasteiger partial charge is 0.223 e. The molecule has 0 bridgehead atoms. The third kappa shape index (κ3) is 3.95. The van der Waals surface area contributed by atoms with Crippen LogP contribution in [-0.4, -0.2) is 21.6 Å². The lowest BCUT2D eigenvalue weighted by Gasteiger charge is -2.08. The summed E-state index contributed by atoms with van der Waals surface area (Å²) < 4.78 is 0. The summed E-state index contributed by atoms with van der Waals surface area (Å²) in [5.41, 5.74) is 1.46. The number of aromatic nitrogens is 2. The molecule has 0 fully saturated rings. The molecule has 0 unspecified atom stereocenters. The molecule has 0 aliphatic rings. The number of hydrogen-bond acceptors (Lipinski definition) is 4. The number of nitrogens with one attached hydrogen (secondary N) is 1. The first-order valence-electron chi connectivity index (χ1n) is 7.16. The van der Waals surface area contributed by atoms with Crippen LogP contribution < -0.4 is 5.32 Å². The van der Waals surface area contributed by atoms with Crippen LogP contribution in [0.3, 0.4) is 0 Å². The van der Waals surface area contributed by atoms with Crippen molar-refractivity contribution in [3.63, 3.8) is 0 Å². The van der Waals surface area contributed by atoms with Crippen LogP contribution in [0.2, 0.25) is 0 Å². The molecule has 0 saturated carbocycles. The van der Waals surface area contributed by atoms with Crippen LogP contribution in [0.1, 0.15) is 32.6 Å². The van der Waals surface area contributed by atoms with Gasteiger partial charge in [0.05, 0.1) is 6.20 Å². The minimum atomic E-state index is 0.104. The predicted octanol–water partition coefficient (Wildman–Crippen LogP) is 3.84. The molecular formula is C16H21N3O. The second kappa shape index (κ2) is 7.48. The SMILES string of the molecule is CCCCCCNc1ncc(O)c(-c2ccccc2)n1. The first-order valence-corrected chi connectivity index (χ1v) is 7.16. The van der Waals surface area contributed by atoms with Gasteiger partial charge < -0.3 is 10.4 Å². The zero-order chi connectivity index (χ0) is 14.2. The summed E-state index contributed by atoms with van der Waals surface area (Å²) in [6.07, 6.45) is 6.26. The van der Waals surface area contributed by atoms with Crippen LogP contribution >= 0.6 is 0 Å². The molecule has 2 aromatic rings. The average molecular weight is 271 g/mol. The highest BCUT2D eigenvalue weighted by Gasteiger charge is 2.07. The van der Waals surface area contributed by atoms with Crippen molar-refractivity contribution in [3.05, 3.63) is 36.5 Å². The first kappa shape index (κ1) is 14.3. The second-order valence-corrected chi connectivity index (χ2v) is 4.78. The molecule has 106 valence electrons. The summed E-state index contributed by atoms with van der Waals surface area (Å²) in [6.45, 7) is 3.06. The van der Waals surface area contributed by atoms with Gasteiger partial charge in [0.25, 0.3) is 0 Å².